The van der Waals surface area contributed by atoms with Gasteiger partial charge in [0.15, 0.2) is 5.82 Å². The van der Waals surface area contributed by atoms with Crippen molar-refractivity contribution in [1.82, 2.24) is 28.9 Å². The van der Waals surface area contributed by atoms with Crippen LogP contribution in [0.4, 0.5) is 0 Å². The van der Waals surface area contributed by atoms with Gasteiger partial charge in [0.2, 0.25) is 0 Å². The molecule has 8 rings (SSSR count). The Labute approximate surface area is 252 Å². The Balaban J connectivity index is 1.29. The van der Waals surface area contributed by atoms with E-state index in [1.165, 1.54) is 5.56 Å². The molecule has 11 heteroatoms. The van der Waals surface area contributed by atoms with Crippen molar-refractivity contribution < 1.29 is 4.11 Å². The monoisotopic (exact) mass is 551 g/mol. The van der Waals surface area contributed by atoms with Crippen LogP contribution in [0.15, 0.2) is 131 Å². The second kappa shape index (κ2) is 9.28. The fraction of sp³-hybridized carbons (Fsp3) is 0.133. The van der Waals surface area contributed by atoms with Crippen molar-refractivity contribution in [2.45, 2.75) is 36.0 Å². The number of allylic oxidation sites excluding steroid dienone is 8. The standard InChI is InChI=1S/C30H28B4N6S/c1-23-20-34-39-19-11-7-15-32(39)37-17-9-6-14-31(37)38-18-10-8-16-33(38)40(34)22-24(23)28-35-21-26-29(36-28)41-27-13-5-4-12-25(27)30(26,2)3/h4-22H,1-3H3/i1D3. The third-order valence-corrected chi connectivity index (χ3v) is 9.80. The fourth-order valence-electron chi connectivity index (χ4n) is 6.59. The largest absolute Gasteiger partial charge is 0.423 e. The molecule has 0 bridgehead atoms. The number of hydrogen-bond acceptors (Lipinski definition) is 7. The van der Waals surface area contributed by atoms with Crippen molar-refractivity contribution in [3.8, 4) is 0 Å². The lowest BCUT2D eigenvalue weighted by Gasteiger charge is -2.53. The Kier molecular flexibility index (Phi) is 4.92. The highest BCUT2D eigenvalue weighted by Crippen LogP contribution is 2.48. The quantitative estimate of drug-likeness (QED) is 0.359. The first-order chi connectivity index (χ1) is 21.2. The van der Waals surface area contributed by atoms with Crippen molar-refractivity contribution >= 4 is 45.3 Å². The van der Waals surface area contributed by atoms with E-state index in [2.05, 4.69) is 106 Å². The summed E-state index contributed by atoms with van der Waals surface area (Å²) in [5, 5.41) is 0.861. The molecule has 1 saturated heterocycles. The highest BCUT2D eigenvalue weighted by molar-refractivity contribution is 7.99. The molecule has 1 aromatic heterocycles. The molecule has 41 heavy (non-hydrogen) atoms. The van der Waals surface area contributed by atoms with Gasteiger partial charge in [-0.25, -0.2) is 9.97 Å². The highest BCUT2D eigenvalue weighted by Gasteiger charge is 2.50. The van der Waals surface area contributed by atoms with E-state index in [-0.39, 0.29) is 38.9 Å². The lowest BCUT2D eigenvalue weighted by atomic mass is 9.41. The molecule has 7 heterocycles. The molecule has 0 unspecified atom stereocenters. The average molecular weight is 551 g/mol. The SMILES string of the molecule is [2H]C([2H])([2H])C1=CB2N3C=CC=CB3N3C=CC=CB3N3C=CC=CB3N2C=C1c1ncc2c(n1)Sc1ccccc1C2(C)C. The first-order valence-electron chi connectivity index (χ1n) is 15.5. The molecule has 6 aliphatic rings. The van der Waals surface area contributed by atoms with E-state index in [9.17, 15) is 0 Å². The third kappa shape index (κ3) is 3.78. The van der Waals surface area contributed by atoms with Gasteiger partial charge in [-0.15, -0.1) is 0 Å². The molecule has 0 N–H and O–H groups in total. The molecule has 196 valence electrons. The molecule has 0 saturated carbocycles. The summed E-state index contributed by atoms with van der Waals surface area (Å²) in [5.74, 6) is 8.82. The van der Waals surface area contributed by atoms with Crippen LogP contribution in [0.25, 0.3) is 5.57 Å². The molecule has 0 atom stereocenters. The Morgan fingerprint density at radius 3 is 2.10 bits per heavy atom. The van der Waals surface area contributed by atoms with Crippen molar-refractivity contribution in [2.75, 3.05) is 0 Å². The molecule has 1 fully saturated rings. The van der Waals surface area contributed by atoms with Crippen LogP contribution in [0.3, 0.4) is 0 Å². The lowest BCUT2D eigenvalue weighted by Crippen LogP contribution is -2.73. The van der Waals surface area contributed by atoms with Crippen LogP contribution in [-0.4, -0.2) is 56.8 Å². The zero-order valence-corrected chi connectivity index (χ0v) is 23.7. The van der Waals surface area contributed by atoms with Gasteiger partial charge in [-0.1, -0.05) is 85.9 Å². The third-order valence-electron chi connectivity index (χ3n) is 8.72. The molecule has 0 spiro atoms. The number of fused-ring (bicyclic) bond motifs is 10. The van der Waals surface area contributed by atoms with Crippen LogP contribution in [0.2, 0.25) is 0 Å². The van der Waals surface area contributed by atoms with Crippen molar-refractivity contribution in [2.24, 2.45) is 0 Å². The van der Waals surface area contributed by atoms with Crippen LogP contribution >= 0.6 is 11.8 Å². The fourth-order valence-corrected chi connectivity index (χ4v) is 7.93. The predicted octanol–water partition coefficient (Wildman–Crippen LogP) is 5.15. The van der Waals surface area contributed by atoms with E-state index in [4.69, 9.17) is 14.1 Å². The van der Waals surface area contributed by atoms with E-state index in [1.807, 2.05) is 42.7 Å². The first-order valence-corrected chi connectivity index (χ1v) is 14.8. The van der Waals surface area contributed by atoms with Crippen LogP contribution < -0.4 is 0 Å². The smallest absolute Gasteiger partial charge is 0.380 e. The van der Waals surface area contributed by atoms with E-state index < -0.39 is 6.85 Å². The minimum atomic E-state index is -2.37. The van der Waals surface area contributed by atoms with Crippen LogP contribution in [0.5, 0.6) is 0 Å². The Bertz CT molecular complexity index is 1800. The Hall–Kier alpha value is -3.97. The summed E-state index contributed by atoms with van der Waals surface area (Å²) in [4.78, 5) is 11.1. The summed E-state index contributed by atoms with van der Waals surface area (Å²) in [6.07, 6.45) is 22.4. The molecule has 2 aromatic rings. The average Bonchev–Trinajstić information content (AvgIpc) is 3.03. The van der Waals surface area contributed by atoms with Gasteiger partial charge >= 0.3 is 27.9 Å². The molecule has 6 nitrogen and oxygen atoms in total. The van der Waals surface area contributed by atoms with E-state index in [1.54, 1.807) is 11.8 Å². The normalized spacial score (nSPS) is 22.3. The van der Waals surface area contributed by atoms with Gasteiger partial charge in [-0.05, 0) is 67.1 Å². The minimum Gasteiger partial charge on any atom is -0.423 e. The van der Waals surface area contributed by atoms with Crippen molar-refractivity contribution in [1.29, 1.82) is 0 Å². The van der Waals surface area contributed by atoms with E-state index in [0.29, 0.717) is 11.4 Å². The zero-order chi connectivity index (χ0) is 30.2. The van der Waals surface area contributed by atoms with Crippen molar-refractivity contribution in [3.05, 3.63) is 138 Å². The molecule has 0 aliphatic carbocycles. The van der Waals surface area contributed by atoms with Gasteiger partial charge < -0.3 is 18.9 Å². The van der Waals surface area contributed by atoms with Crippen LogP contribution in [-0.2, 0) is 5.41 Å². The van der Waals surface area contributed by atoms with Gasteiger partial charge in [0.25, 0.3) is 0 Å². The molecule has 6 aliphatic heterocycles. The second-order valence-corrected chi connectivity index (χ2v) is 12.4. The maximum atomic E-state index is 8.65. The summed E-state index contributed by atoms with van der Waals surface area (Å²) in [6.45, 7) is 1.29. The molecular formula is C30H28B4N6S. The van der Waals surface area contributed by atoms with Gasteiger partial charge in [0.05, 0.1) is 0 Å². The van der Waals surface area contributed by atoms with Crippen LogP contribution in [0.1, 0.15) is 41.8 Å². The van der Waals surface area contributed by atoms with Gasteiger partial charge in [0.1, 0.15) is 5.03 Å². The molecular weight excluding hydrogens is 520 g/mol. The number of rotatable bonds is 1. The van der Waals surface area contributed by atoms with E-state index >= 15 is 0 Å². The predicted molar refractivity (Wildman–Crippen MR) is 172 cm³/mol. The Morgan fingerprint density at radius 1 is 0.780 bits per heavy atom. The van der Waals surface area contributed by atoms with Gasteiger partial charge in [0, 0.05) is 31.8 Å². The lowest BCUT2D eigenvalue weighted by molar-refractivity contribution is 0.592. The number of aromatic nitrogens is 2. The molecule has 1 aromatic carbocycles. The number of hydrogen-bond donors (Lipinski definition) is 0. The minimum absolute atomic E-state index is 0.0423. The topological polar surface area (TPSA) is 38.7 Å². The molecule has 0 radical (unpaired) electrons. The summed E-state index contributed by atoms with van der Waals surface area (Å²) in [6, 6.07) is 8.39. The maximum Gasteiger partial charge on any atom is 0.380 e. The van der Waals surface area contributed by atoms with Crippen LogP contribution in [0, 0.1) is 0 Å². The zero-order valence-electron chi connectivity index (χ0n) is 25.9. The Morgan fingerprint density at radius 2 is 1.41 bits per heavy atom. The van der Waals surface area contributed by atoms with Gasteiger partial charge in [-0.3, -0.25) is 0 Å². The van der Waals surface area contributed by atoms with E-state index in [0.717, 1.165) is 15.5 Å². The molecule has 0 amide bonds. The number of nitrogens with zero attached hydrogens (tertiary/aromatic N) is 6. The highest BCUT2D eigenvalue weighted by atomic mass is 32.2. The number of benzene rings is 1. The summed E-state index contributed by atoms with van der Waals surface area (Å²) in [7, 11) is 0. The second-order valence-electron chi connectivity index (χ2n) is 11.4. The summed E-state index contributed by atoms with van der Waals surface area (Å²) < 4.78 is 35.0. The van der Waals surface area contributed by atoms with Crippen molar-refractivity contribution in [3.63, 3.8) is 0 Å². The first kappa shape index (κ1) is 21.7. The summed E-state index contributed by atoms with van der Waals surface area (Å²) >= 11 is 1.62. The summed E-state index contributed by atoms with van der Waals surface area (Å²) in [5.41, 5.74) is 2.79. The maximum absolute atomic E-state index is 8.65. The van der Waals surface area contributed by atoms with Gasteiger partial charge in [-0.2, -0.15) is 0 Å².